The molecular weight excluding hydrogens is 371 g/mol. The summed E-state index contributed by atoms with van der Waals surface area (Å²) in [6.07, 6.45) is 1.64. The van der Waals surface area contributed by atoms with Gasteiger partial charge in [-0.25, -0.2) is 4.39 Å². The molecule has 3 rings (SSSR count). The maximum absolute atomic E-state index is 13.7. The van der Waals surface area contributed by atoms with Crippen molar-refractivity contribution >= 4 is 17.9 Å². The van der Waals surface area contributed by atoms with Gasteiger partial charge in [0.1, 0.15) is 29.8 Å². The van der Waals surface area contributed by atoms with Gasteiger partial charge in [0.25, 0.3) is 11.8 Å². The van der Waals surface area contributed by atoms with Gasteiger partial charge in [-0.2, -0.15) is 5.26 Å². The number of likely N-dealkylation sites (N-methyl/N-ethyl adjacent to an activating group) is 1. The molecule has 0 fully saturated rings. The number of benzene rings is 2. The van der Waals surface area contributed by atoms with E-state index >= 15 is 0 Å². The third kappa shape index (κ3) is 4.09. The fourth-order valence-corrected chi connectivity index (χ4v) is 3.02. The van der Waals surface area contributed by atoms with Crippen LogP contribution < -0.4 is 4.74 Å². The Hall–Kier alpha value is -3.72. The van der Waals surface area contributed by atoms with Gasteiger partial charge in [-0.15, -0.1) is 0 Å². The van der Waals surface area contributed by atoms with E-state index in [4.69, 9.17) is 4.74 Å². The molecule has 0 atom stereocenters. The molecule has 0 saturated heterocycles. The molecule has 0 aliphatic carbocycles. The van der Waals surface area contributed by atoms with Gasteiger partial charge < -0.3 is 4.74 Å². The molecule has 0 spiro atoms. The van der Waals surface area contributed by atoms with Crippen LogP contribution in [-0.2, 0) is 16.2 Å². The third-order valence-corrected chi connectivity index (χ3v) is 4.68. The first kappa shape index (κ1) is 20.0. The summed E-state index contributed by atoms with van der Waals surface area (Å²) >= 11 is 0. The first-order valence-electron chi connectivity index (χ1n) is 9.11. The monoisotopic (exact) mass is 390 g/mol. The summed E-state index contributed by atoms with van der Waals surface area (Å²) in [6.45, 7) is 3.58. The number of carbonyl (C=O) groups excluding carboxylic acids is 2. The summed E-state index contributed by atoms with van der Waals surface area (Å²) in [7, 11) is 0. The van der Waals surface area contributed by atoms with Crippen LogP contribution in [0.2, 0.25) is 0 Å². The molecule has 0 N–H and O–H groups in total. The van der Waals surface area contributed by atoms with Gasteiger partial charge in [-0.05, 0) is 49.3 Å². The molecule has 2 aromatic carbocycles. The Balaban J connectivity index is 1.82. The SMILES string of the molecule is CCN1C(=O)C(C#N)=C(C)/C(=C\c2ccc(OCc3ccccc3F)cc2)C1=O. The zero-order valence-electron chi connectivity index (χ0n) is 16.1. The summed E-state index contributed by atoms with van der Waals surface area (Å²) < 4.78 is 19.3. The topological polar surface area (TPSA) is 70.4 Å². The van der Waals surface area contributed by atoms with Crippen molar-refractivity contribution in [1.82, 2.24) is 4.90 Å². The Labute approximate surface area is 168 Å². The highest BCUT2D eigenvalue weighted by molar-refractivity contribution is 6.19. The minimum atomic E-state index is -0.563. The molecule has 0 bridgehead atoms. The van der Waals surface area contributed by atoms with Crippen LogP contribution in [0.5, 0.6) is 5.75 Å². The van der Waals surface area contributed by atoms with Crippen LogP contribution in [0, 0.1) is 17.1 Å². The standard InChI is InChI=1S/C23H19FN2O3/c1-3-26-22(27)19(15(2)20(13-25)23(26)28)12-16-8-10-18(11-9-16)29-14-17-6-4-5-7-21(17)24/h4-12H,3,14H2,1-2H3/b19-12+. The Morgan fingerprint density at radius 3 is 2.41 bits per heavy atom. The second kappa shape index (κ2) is 8.53. The zero-order valence-corrected chi connectivity index (χ0v) is 16.1. The lowest BCUT2D eigenvalue weighted by Gasteiger charge is -2.26. The fourth-order valence-electron chi connectivity index (χ4n) is 3.02. The molecule has 146 valence electrons. The molecule has 1 aliphatic heterocycles. The van der Waals surface area contributed by atoms with Crippen LogP contribution in [0.3, 0.4) is 0 Å². The predicted molar refractivity (Wildman–Crippen MR) is 106 cm³/mol. The minimum Gasteiger partial charge on any atom is -0.489 e. The number of nitriles is 1. The van der Waals surface area contributed by atoms with Gasteiger partial charge in [0, 0.05) is 17.7 Å². The number of ether oxygens (including phenoxy) is 1. The van der Waals surface area contributed by atoms with E-state index in [-0.39, 0.29) is 24.5 Å². The number of amides is 2. The van der Waals surface area contributed by atoms with Crippen LogP contribution in [-0.4, -0.2) is 23.3 Å². The second-order valence-electron chi connectivity index (χ2n) is 6.47. The fraction of sp³-hybridized carbons (Fsp3) is 0.174. The molecular formula is C23H19FN2O3. The minimum absolute atomic E-state index is 0.0254. The van der Waals surface area contributed by atoms with E-state index in [0.717, 1.165) is 4.90 Å². The summed E-state index contributed by atoms with van der Waals surface area (Å²) in [5.41, 5.74) is 1.83. The zero-order chi connectivity index (χ0) is 21.0. The Bertz CT molecular complexity index is 1060. The highest BCUT2D eigenvalue weighted by Gasteiger charge is 2.34. The Kier molecular flexibility index (Phi) is 5.89. The van der Waals surface area contributed by atoms with E-state index in [1.165, 1.54) is 6.07 Å². The number of hydrogen-bond donors (Lipinski definition) is 0. The summed E-state index contributed by atoms with van der Waals surface area (Å²) in [5.74, 6) is -0.753. The number of imide groups is 1. The van der Waals surface area contributed by atoms with E-state index in [1.807, 2.05) is 6.07 Å². The number of carbonyl (C=O) groups is 2. The lowest BCUT2D eigenvalue weighted by Crippen LogP contribution is -2.42. The largest absolute Gasteiger partial charge is 0.489 e. The average molecular weight is 390 g/mol. The van der Waals surface area contributed by atoms with E-state index in [0.29, 0.717) is 28.0 Å². The van der Waals surface area contributed by atoms with Crippen LogP contribution in [0.25, 0.3) is 6.08 Å². The van der Waals surface area contributed by atoms with Gasteiger partial charge in [0.05, 0.1) is 0 Å². The molecule has 29 heavy (non-hydrogen) atoms. The maximum Gasteiger partial charge on any atom is 0.271 e. The van der Waals surface area contributed by atoms with Gasteiger partial charge >= 0.3 is 0 Å². The van der Waals surface area contributed by atoms with E-state index in [9.17, 15) is 19.2 Å². The molecule has 6 heteroatoms. The molecule has 0 radical (unpaired) electrons. The first-order chi connectivity index (χ1) is 14.0. The van der Waals surface area contributed by atoms with Crippen molar-refractivity contribution < 1.29 is 18.7 Å². The molecule has 5 nitrogen and oxygen atoms in total. The molecule has 1 heterocycles. The second-order valence-corrected chi connectivity index (χ2v) is 6.47. The maximum atomic E-state index is 13.7. The Morgan fingerprint density at radius 1 is 1.10 bits per heavy atom. The van der Waals surface area contributed by atoms with Crippen LogP contribution in [0.1, 0.15) is 25.0 Å². The number of rotatable bonds is 5. The number of nitrogens with zero attached hydrogens (tertiary/aromatic N) is 2. The molecule has 2 aromatic rings. The van der Waals surface area contributed by atoms with Gasteiger partial charge in [-0.1, -0.05) is 30.3 Å². The van der Waals surface area contributed by atoms with Crippen LogP contribution in [0.4, 0.5) is 4.39 Å². The molecule has 0 saturated carbocycles. The van der Waals surface area contributed by atoms with Gasteiger partial charge in [-0.3, -0.25) is 14.5 Å². The Morgan fingerprint density at radius 2 is 1.79 bits per heavy atom. The highest BCUT2D eigenvalue weighted by atomic mass is 19.1. The van der Waals surface area contributed by atoms with Crippen molar-refractivity contribution in [2.75, 3.05) is 6.54 Å². The smallest absolute Gasteiger partial charge is 0.271 e. The first-order valence-corrected chi connectivity index (χ1v) is 9.11. The lowest BCUT2D eigenvalue weighted by molar-refractivity contribution is -0.140. The van der Waals surface area contributed by atoms with Crippen molar-refractivity contribution in [3.63, 3.8) is 0 Å². The van der Waals surface area contributed by atoms with Crippen molar-refractivity contribution in [2.45, 2.75) is 20.5 Å². The quantitative estimate of drug-likeness (QED) is 0.571. The van der Waals surface area contributed by atoms with Crippen molar-refractivity contribution in [1.29, 1.82) is 5.26 Å². The molecule has 2 amide bonds. The summed E-state index contributed by atoms with van der Waals surface area (Å²) in [6, 6.07) is 15.2. The average Bonchev–Trinajstić information content (AvgIpc) is 2.72. The summed E-state index contributed by atoms with van der Waals surface area (Å²) in [5, 5.41) is 9.29. The van der Waals surface area contributed by atoms with E-state index in [2.05, 4.69) is 0 Å². The number of hydrogen-bond acceptors (Lipinski definition) is 4. The molecule has 1 aliphatic rings. The molecule has 0 aromatic heterocycles. The van der Waals surface area contributed by atoms with Gasteiger partial charge in [0.2, 0.25) is 0 Å². The van der Waals surface area contributed by atoms with Gasteiger partial charge in [0.15, 0.2) is 0 Å². The lowest BCUT2D eigenvalue weighted by atomic mass is 9.94. The van der Waals surface area contributed by atoms with Crippen LogP contribution in [0.15, 0.2) is 65.3 Å². The normalized spacial score (nSPS) is 15.7. The van der Waals surface area contributed by atoms with Crippen molar-refractivity contribution in [3.05, 3.63) is 82.2 Å². The van der Waals surface area contributed by atoms with Crippen LogP contribution >= 0.6 is 0 Å². The highest BCUT2D eigenvalue weighted by Crippen LogP contribution is 2.27. The molecule has 0 unspecified atom stereocenters. The van der Waals surface area contributed by atoms with E-state index < -0.39 is 11.8 Å². The predicted octanol–water partition coefficient (Wildman–Crippen LogP) is 4.02. The third-order valence-electron chi connectivity index (χ3n) is 4.68. The van der Waals surface area contributed by atoms with E-state index in [1.54, 1.807) is 62.4 Å². The number of halogens is 1. The van der Waals surface area contributed by atoms with Crippen molar-refractivity contribution in [2.24, 2.45) is 0 Å². The summed E-state index contributed by atoms with van der Waals surface area (Å²) in [4.78, 5) is 25.9. The van der Waals surface area contributed by atoms with Crippen molar-refractivity contribution in [3.8, 4) is 11.8 Å².